The largest absolute Gasteiger partial charge is 0.327 e. The van der Waals surface area contributed by atoms with Crippen LogP contribution in [0.5, 0.6) is 0 Å². The maximum atomic E-state index is 12.1. The summed E-state index contributed by atoms with van der Waals surface area (Å²) in [5.74, 6) is 2.90. The molecule has 0 amide bonds. The van der Waals surface area contributed by atoms with Crippen LogP contribution >= 0.6 is 0 Å². The van der Waals surface area contributed by atoms with Crippen molar-refractivity contribution in [2.45, 2.75) is 77.7 Å². The van der Waals surface area contributed by atoms with E-state index < -0.39 is 0 Å². The lowest BCUT2D eigenvalue weighted by Gasteiger charge is -2.60. The Bertz CT molecular complexity index is 603. The van der Waals surface area contributed by atoms with Gasteiger partial charge < -0.3 is 5.73 Å². The fourth-order valence-corrected chi connectivity index (χ4v) is 7.65. The third kappa shape index (κ3) is 1.72. The summed E-state index contributed by atoms with van der Waals surface area (Å²) in [5.41, 5.74) is 9.24. The first-order valence-corrected chi connectivity index (χ1v) is 9.90. The lowest BCUT2D eigenvalue weighted by Crippen LogP contribution is -2.54. The molecule has 5 rings (SSSR count). The summed E-state index contributed by atoms with van der Waals surface area (Å²) in [6.45, 7) is 5.00. The Labute approximate surface area is 140 Å². The van der Waals surface area contributed by atoms with Crippen LogP contribution in [0.25, 0.3) is 0 Å². The molecule has 0 aromatic rings. The molecule has 0 aromatic carbocycles. The zero-order valence-electron chi connectivity index (χ0n) is 14.7. The number of nitrogens with two attached hydrogens (primary N) is 1. The standard InChI is InChI=1S/C21H31NO/c1-19-7-5-13(23)11-17(19)21(9-10-21)12-14-15-3-4-18(22)20(15,2)8-6-16(14)19/h11,14-16,18H,3-10,12,22H2,1-2H3/t14?,15?,16?,18?,19-,20+/m1/s1. The summed E-state index contributed by atoms with van der Waals surface area (Å²) >= 11 is 0. The third-order valence-corrected chi connectivity index (χ3v) is 9.19. The average Bonchev–Trinajstić information content (AvgIpc) is 3.21. The highest BCUT2D eigenvalue weighted by Crippen LogP contribution is 2.74. The molecule has 5 aliphatic carbocycles. The summed E-state index contributed by atoms with van der Waals surface area (Å²) < 4.78 is 0. The smallest absolute Gasteiger partial charge is 0.155 e. The molecule has 4 unspecified atom stereocenters. The molecule has 4 saturated carbocycles. The number of ketones is 1. The minimum atomic E-state index is 0.307. The molecule has 2 nitrogen and oxygen atoms in total. The summed E-state index contributed by atoms with van der Waals surface area (Å²) in [6, 6.07) is 0.418. The molecule has 4 fully saturated rings. The fraction of sp³-hybridized carbons (Fsp3) is 0.857. The average molecular weight is 313 g/mol. The van der Waals surface area contributed by atoms with Gasteiger partial charge in [0.2, 0.25) is 0 Å². The number of hydrogen-bond acceptors (Lipinski definition) is 2. The molecule has 126 valence electrons. The van der Waals surface area contributed by atoms with Gasteiger partial charge in [-0.05, 0) is 91.4 Å². The normalized spacial score (nSPS) is 53.3. The Morgan fingerprint density at radius 1 is 1.04 bits per heavy atom. The van der Waals surface area contributed by atoms with E-state index in [1.165, 1.54) is 44.9 Å². The Balaban J connectivity index is 1.59. The van der Waals surface area contributed by atoms with Crippen molar-refractivity contribution in [2.24, 2.45) is 39.7 Å². The maximum Gasteiger partial charge on any atom is 0.155 e. The molecule has 0 aliphatic heterocycles. The number of carbonyl (C=O) groups excluding carboxylic acids is 1. The van der Waals surface area contributed by atoms with Gasteiger partial charge in [0.1, 0.15) is 0 Å². The van der Waals surface area contributed by atoms with Crippen molar-refractivity contribution in [1.29, 1.82) is 0 Å². The molecular weight excluding hydrogens is 282 g/mol. The van der Waals surface area contributed by atoms with Gasteiger partial charge in [0.15, 0.2) is 5.78 Å². The Hall–Kier alpha value is -0.630. The van der Waals surface area contributed by atoms with Gasteiger partial charge in [-0.3, -0.25) is 4.79 Å². The number of rotatable bonds is 0. The maximum absolute atomic E-state index is 12.1. The molecule has 2 N–H and O–H groups in total. The zero-order valence-corrected chi connectivity index (χ0v) is 14.7. The van der Waals surface area contributed by atoms with E-state index in [0.717, 1.165) is 30.6 Å². The quantitative estimate of drug-likeness (QED) is 0.727. The van der Waals surface area contributed by atoms with Crippen LogP contribution in [0.2, 0.25) is 0 Å². The molecule has 1 spiro atoms. The van der Waals surface area contributed by atoms with Gasteiger partial charge in [0, 0.05) is 12.5 Å². The first-order valence-electron chi connectivity index (χ1n) is 9.90. The lowest BCUT2D eigenvalue weighted by atomic mass is 9.44. The van der Waals surface area contributed by atoms with Crippen LogP contribution < -0.4 is 5.73 Å². The molecule has 6 atom stereocenters. The third-order valence-electron chi connectivity index (χ3n) is 9.19. The molecular formula is C21H31NO. The van der Waals surface area contributed by atoms with Crippen LogP contribution in [0.15, 0.2) is 11.6 Å². The van der Waals surface area contributed by atoms with E-state index in [4.69, 9.17) is 5.73 Å². The van der Waals surface area contributed by atoms with E-state index in [9.17, 15) is 4.79 Å². The van der Waals surface area contributed by atoms with E-state index in [1.807, 2.05) is 0 Å². The minimum Gasteiger partial charge on any atom is -0.327 e. The topological polar surface area (TPSA) is 43.1 Å². The number of fused-ring (bicyclic) bond motifs is 6. The van der Waals surface area contributed by atoms with Crippen molar-refractivity contribution < 1.29 is 4.79 Å². The summed E-state index contributed by atoms with van der Waals surface area (Å²) in [7, 11) is 0. The van der Waals surface area contributed by atoms with E-state index in [2.05, 4.69) is 19.9 Å². The molecule has 5 aliphatic rings. The SMILES string of the molecule is C[C@]12CCC3C(CC4(CC4)C4=CC(=O)CC[C@@]43C)C1CCC2N. The zero-order chi connectivity index (χ0) is 16.0. The molecule has 23 heavy (non-hydrogen) atoms. The summed E-state index contributed by atoms with van der Waals surface area (Å²) in [6.07, 6.45) is 13.2. The van der Waals surface area contributed by atoms with E-state index in [0.29, 0.717) is 28.1 Å². The van der Waals surface area contributed by atoms with Gasteiger partial charge in [-0.15, -0.1) is 0 Å². The van der Waals surface area contributed by atoms with E-state index >= 15 is 0 Å². The number of carbonyl (C=O) groups is 1. The molecule has 2 heteroatoms. The number of hydrogen-bond donors (Lipinski definition) is 1. The predicted molar refractivity (Wildman–Crippen MR) is 91.7 cm³/mol. The Kier molecular flexibility index (Phi) is 2.75. The second kappa shape index (κ2) is 4.31. The van der Waals surface area contributed by atoms with Gasteiger partial charge in [0.05, 0.1) is 0 Å². The van der Waals surface area contributed by atoms with Gasteiger partial charge in [-0.1, -0.05) is 19.4 Å². The van der Waals surface area contributed by atoms with Crippen LogP contribution in [-0.2, 0) is 4.79 Å². The second-order valence-electron chi connectivity index (χ2n) is 10.0. The second-order valence-corrected chi connectivity index (χ2v) is 10.0. The van der Waals surface area contributed by atoms with Gasteiger partial charge in [0.25, 0.3) is 0 Å². The van der Waals surface area contributed by atoms with Crippen LogP contribution in [0.1, 0.15) is 71.6 Å². The molecule has 0 bridgehead atoms. The number of allylic oxidation sites excluding steroid dienone is 1. The van der Waals surface area contributed by atoms with Crippen LogP contribution in [-0.4, -0.2) is 11.8 Å². The van der Waals surface area contributed by atoms with Crippen LogP contribution in [0.3, 0.4) is 0 Å². The van der Waals surface area contributed by atoms with E-state index in [1.54, 1.807) is 5.57 Å². The minimum absolute atomic E-state index is 0.307. The van der Waals surface area contributed by atoms with Crippen molar-refractivity contribution in [3.63, 3.8) is 0 Å². The first-order chi connectivity index (χ1) is 10.9. The lowest BCUT2D eigenvalue weighted by molar-refractivity contribution is -0.118. The highest BCUT2D eigenvalue weighted by Gasteiger charge is 2.65. The molecule has 0 aromatic heterocycles. The predicted octanol–water partition coefficient (Wildman–Crippen LogP) is 4.24. The fourth-order valence-electron chi connectivity index (χ4n) is 7.65. The van der Waals surface area contributed by atoms with Crippen molar-refractivity contribution in [3.05, 3.63) is 11.6 Å². The van der Waals surface area contributed by atoms with Crippen molar-refractivity contribution in [1.82, 2.24) is 0 Å². The summed E-state index contributed by atoms with van der Waals surface area (Å²) in [5, 5.41) is 0. The summed E-state index contributed by atoms with van der Waals surface area (Å²) in [4.78, 5) is 12.1. The van der Waals surface area contributed by atoms with Gasteiger partial charge in [-0.25, -0.2) is 0 Å². The van der Waals surface area contributed by atoms with Crippen molar-refractivity contribution in [3.8, 4) is 0 Å². The monoisotopic (exact) mass is 313 g/mol. The Morgan fingerprint density at radius 2 is 1.83 bits per heavy atom. The molecule has 0 radical (unpaired) electrons. The van der Waals surface area contributed by atoms with Crippen LogP contribution in [0.4, 0.5) is 0 Å². The van der Waals surface area contributed by atoms with Crippen molar-refractivity contribution >= 4 is 5.78 Å². The molecule has 0 saturated heterocycles. The molecule has 0 heterocycles. The first kappa shape index (κ1) is 14.7. The highest BCUT2D eigenvalue weighted by atomic mass is 16.1. The van der Waals surface area contributed by atoms with Crippen molar-refractivity contribution in [2.75, 3.05) is 0 Å². The Morgan fingerprint density at radius 3 is 2.57 bits per heavy atom. The highest BCUT2D eigenvalue weighted by molar-refractivity contribution is 5.92. The van der Waals surface area contributed by atoms with E-state index in [-0.39, 0.29) is 0 Å². The van der Waals surface area contributed by atoms with Gasteiger partial charge in [-0.2, -0.15) is 0 Å². The van der Waals surface area contributed by atoms with Crippen LogP contribution in [0, 0.1) is 34.0 Å². The van der Waals surface area contributed by atoms with Gasteiger partial charge >= 0.3 is 0 Å².